The molecule has 1 atom stereocenters. The van der Waals surface area contributed by atoms with Gasteiger partial charge in [-0.15, -0.1) is 0 Å². The molecule has 3 aliphatic rings. The highest BCUT2D eigenvalue weighted by Crippen LogP contribution is 2.47. The van der Waals surface area contributed by atoms with Gasteiger partial charge >= 0.3 is 0 Å². The van der Waals surface area contributed by atoms with E-state index in [0.29, 0.717) is 25.2 Å². The molecule has 2 N–H and O–H groups in total. The van der Waals surface area contributed by atoms with Crippen molar-refractivity contribution in [3.63, 3.8) is 0 Å². The third kappa shape index (κ3) is 4.83. The Balaban J connectivity index is 1.38. The van der Waals surface area contributed by atoms with Crippen molar-refractivity contribution in [3.05, 3.63) is 81.9 Å². The highest BCUT2D eigenvalue weighted by Gasteiger charge is 2.27. The third-order valence-electron chi connectivity index (χ3n) is 7.72. The van der Waals surface area contributed by atoms with Gasteiger partial charge in [-0.1, -0.05) is 35.9 Å². The summed E-state index contributed by atoms with van der Waals surface area (Å²) in [5.74, 6) is 1.35. The molecular formula is C31H32ClFN2O3. The van der Waals surface area contributed by atoms with E-state index >= 15 is 0 Å². The molecule has 0 radical (unpaired) electrons. The molecule has 0 spiro atoms. The number of aromatic hydroxyl groups is 1. The minimum absolute atomic E-state index is 0.0129. The number of phenols is 1. The van der Waals surface area contributed by atoms with Crippen LogP contribution in [0.2, 0.25) is 5.02 Å². The van der Waals surface area contributed by atoms with Crippen molar-refractivity contribution in [2.45, 2.75) is 31.8 Å². The van der Waals surface area contributed by atoms with E-state index in [1.165, 1.54) is 22.4 Å². The van der Waals surface area contributed by atoms with Crippen molar-refractivity contribution in [3.8, 4) is 17.2 Å². The molecule has 0 aromatic heterocycles. The second-order valence-electron chi connectivity index (χ2n) is 10.1. The van der Waals surface area contributed by atoms with Gasteiger partial charge in [0.1, 0.15) is 28.4 Å². The number of hydrogen-bond donors (Lipinski definition) is 2. The third-order valence-corrected chi connectivity index (χ3v) is 8.09. The topological polar surface area (TPSA) is 54.0 Å². The molecule has 0 aliphatic carbocycles. The van der Waals surface area contributed by atoms with Crippen molar-refractivity contribution in [2.24, 2.45) is 0 Å². The van der Waals surface area contributed by atoms with E-state index in [9.17, 15) is 9.50 Å². The normalized spacial score (nSPS) is 18.9. The first kappa shape index (κ1) is 25.1. The van der Waals surface area contributed by atoms with Crippen LogP contribution >= 0.6 is 11.6 Å². The van der Waals surface area contributed by atoms with Gasteiger partial charge in [0.2, 0.25) is 0 Å². The van der Waals surface area contributed by atoms with Gasteiger partial charge < -0.3 is 19.9 Å². The molecule has 38 heavy (non-hydrogen) atoms. The highest BCUT2D eigenvalue weighted by molar-refractivity contribution is 6.34. The Morgan fingerprint density at radius 1 is 1.08 bits per heavy atom. The number of benzene rings is 3. The first-order valence-corrected chi connectivity index (χ1v) is 13.8. The average Bonchev–Trinajstić information content (AvgIpc) is 3.55. The Kier molecular flexibility index (Phi) is 7.18. The van der Waals surface area contributed by atoms with E-state index in [1.807, 2.05) is 18.2 Å². The summed E-state index contributed by atoms with van der Waals surface area (Å²) in [4.78, 5) is 2.27. The van der Waals surface area contributed by atoms with E-state index in [-0.39, 0.29) is 23.6 Å². The lowest BCUT2D eigenvalue weighted by molar-refractivity contribution is 0.198. The quantitative estimate of drug-likeness (QED) is 0.359. The monoisotopic (exact) mass is 534 g/mol. The van der Waals surface area contributed by atoms with E-state index < -0.39 is 0 Å². The van der Waals surface area contributed by atoms with E-state index in [1.54, 1.807) is 6.07 Å². The number of fused-ring (bicyclic) bond motifs is 2. The molecule has 6 rings (SSSR count). The first-order valence-electron chi connectivity index (χ1n) is 13.4. The summed E-state index contributed by atoms with van der Waals surface area (Å²) in [7, 11) is 0. The second kappa shape index (κ2) is 10.9. The molecule has 1 saturated heterocycles. The number of ether oxygens (including phenoxy) is 2. The van der Waals surface area contributed by atoms with Crippen molar-refractivity contribution in [1.29, 1.82) is 0 Å². The van der Waals surface area contributed by atoms with Crippen LogP contribution in [-0.4, -0.2) is 55.6 Å². The summed E-state index contributed by atoms with van der Waals surface area (Å²) >= 11 is 6.54. The number of rotatable bonds is 7. The summed E-state index contributed by atoms with van der Waals surface area (Å²) in [5, 5.41) is 14.0. The number of nitrogens with one attached hydrogen (secondary N) is 1. The lowest BCUT2D eigenvalue weighted by Crippen LogP contribution is -2.26. The molecule has 3 aliphatic heterocycles. The fourth-order valence-corrected chi connectivity index (χ4v) is 6.14. The van der Waals surface area contributed by atoms with E-state index in [0.717, 1.165) is 61.5 Å². The molecule has 0 amide bonds. The second-order valence-corrected chi connectivity index (χ2v) is 10.5. The minimum Gasteiger partial charge on any atom is -0.506 e. The first-order chi connectivity index (χ1) is 18.6. The minimum atomic E-state index is -0.275. The Bertz CT molecular complexity index is 1360. The lowest BCUT2D eigenvalue weighted by Gasteiger charge is -2.19. The van der Waals surface area contributed by atoms with Gasteiger partial charge in [-0.2, -0.15) is 0 Å². The molecule has 3 aromatic carbocycles. The molecule has 0 saturated carbocycles. The summed E-state index contributed by atoms with van der Waals surface area (Å²) in [5.41, 5.74) is 7.92. The van der Waals surface area contributed by atoms with Crippen LogP contribution in [0.25, 0.3) is 11.1 Å². The predicted molar refractivity (Wildman–Crippen MR) is 150 cm³/mol. The molecule has 0 bridgehead atoms. The number of phenolic OH excluding ortho intramolecular Hbond substituents is 1. The predicted octanol–water partition coefficient (Wildman–Crippen LogP) is 6.57. The molecule has 1 fully saturated rings. The van der Waals surface area contributed by atoms with Gasteiger partial charge in [-0.25, -0.2) is 0 Å². The largest absolute Gasteiger partial charge is 0.506 e. The number of halogens is 2. The van der Waals surface area contributed by atoms with Crippen LogP contribution in [0, 0.1) is 0 Å². The van der Waals surface area contributed by atoms with Crippen LogP contribution in [-0.2, 0) is 6.42 Å². The maximum absolute atomic E-state index is 12.6. The Hall–Kier alpha value is -3.22. The van der Waals surface area contributed by atoms with Gasteiger partial charge in [0.25, 0.3) is 0 Å². The zero-order valence-electron chi connectivity index (χ0n) is 21.3. The summed E-state index contributed by atoms with van der Waals surface area (Å²) in [6.07, 6.45) is 3.33. The molecule has 3 aromatic rings. The molecule has 0 unspecified atom stereocenters. The maximum atomic E-state index is 12.6. The summed E-state index contributed by atoms with van der Waals surface area (Å²) < 4.78 is 25.0. The van der Waals surface area contributed by atoms with Crippen molar-refractivity contribution in [2.75, 3.05) is 44.8 Å². The fraction of sp³-hybridized carbons (Fsp3) is 0.355. The maximum Gasteiger partial charge on any atom is 0.149 e. The zero-order valence-corrected chi connectivity index (χ0v) is 22.1. The number of nitrogens with zero attached hydrogens (tertiary/aromatic N) is 1. The van der Waals surface area contributed by atoms with Gasteiger partial charge in [-0.3, -0.25) is 9.29 Å². The van der Waals surface area contributed by atoms with E-state index in [4.69, 9.17) is 21.1 Å². The number of hydrogen-bond acceptors (Lipinski definition) is 5. The van der Waals surface area contributed by atoms with E-state index in [2.05, 4.69) is 40.5 Å². The summed E-state index contributed by atoms with van der Waals surface area (Å²) in [6, 6.07) is 18.2. The zero-order chi connectivity index (χ0) is 26.1. The van der Waals surface area contributed by atoms with Crippen LogP contribution in [0.5, 0.6) is 17.2 Å². The number of likely N-dealkylation sites (tertiary alicyclic amines) is 1. The molecular weight excluding hydrogens is 503 g/mol. The number of alkyl halides is 1. The Morgan fingerprint density at radius 3 is 2.79 bits per heavy atom. The van der Waals surface area contributed by atoms with Crippen LogP contribution in [0.1, 0.15) is 41.5 Å². The fourth-order valence-electron chi connectivity index (χ4n) is 5.92. The smallest absolute Gasteiger partial charge is 0.149 e. The number of anilines is 1. The van der Waals surface area contributed by atoms with Crippen molar-refractivity contribution < 1.29 is 19.0 Å². The summed E-state index contributed by atoms with van der Waals surface area (Å²) in [6.45, 7) is 3.68. The molecule has 198 valence electrons. The standard InChI is InChI=1S/C31H32ClFN2O3/c32-30-28(36)10-9-26-29(20-5-7-21(8-6-20)38-22-12-17-35(19-22)16-2-14-33)25(13-18-37-31(26)30)23-3-1-4-27-24(23)11-15-34-27/h1,3-10,22,34,36H,2,11-19H2/t22-/m0/s1. The van der Waals surface area contributed by atoms with Gasteiger partial charge in [-0.05, 0) is 77.4 Å². The molecule has 7 heteroatoms. The Morgan fingerprint density at radius 2 is 1.95 bits per heavy atom. The van der Waals surface area contributed by atoms with Gasteiger partial charge in [0.05, 0.1) is 13.3 Å². The van der Waals surface area contributed by atoms with Crippen LogP contribution < -0.4 is 14.8 Å². The van der Waals surface area contributed by atoms with Gasteiger partial charge in [0.15, 0.2) is 0 Å². The Labute approximate surface area is 227 Å². The molecule has 3 heterocycles. The lowest BCUT2D eigenvalue weighted by atomic mass is 9.86. The van der Waals surface area contributed by atoms with Crippen LogP contribution in [0.4, 0.5) is 10.1 Å². The van der Waals surface area contributed by atoms with Crippen LogP contribution in [0.15, 0.2) is 54.6 Å². The van der Waals surface area contributed by atoms with Crippen molar-refractivity contribution >= 4 is 28.4 Å². The van der Waals surface area contributed by atoms with Gasteiger partial charge in [0, 0.05) is 43.9 Å². The highest BCUT2D eigenvalue weighted by atomic mass is 35.5. The van der Waals surface area contributed by atoms with Crippen molar-refractivity contribution in [1.82, 2.24) is 4.90 Å². The van der Waals surface area contributed by atoms with Crippen LogP contribution in [0.3, 0.4) is 0 Å². The molecule has 5 nitrogen and oxygen atoms in total. The average molecular weight is 535 g/mol. The SMILES string of the molecule is Oc1ccc2c(c1Cl)OCCC(c1cccc3c1CCN3)=C2c1ccc(O[C@H]2CCN(CCCF)C2)cc1.